The molecular weight excluding hydrogens is 354 g/mol. The zero-order chi connectivity index (χ0) is 19.2. The lowest BCUT2D eigenvalue weighted by molar-refractivity contribution is -0.121. The normalized spacial score (nSPS) is 14.1. The third kappa shape index (κ3) is 4.81. The minimum absolute atomic E-state index is 0.108. The molecule has 2 aromatic rings. The zero-order valence-corrected chi connectivity index (χ0v) is 14.5. The number of furan rings is 1. The topological polar surface area (TPSA) is 127 Å². The summed E-state index contributed by atoms with van der Waals surface area (Å²) in [4.78, 5) is 47.9. The second-order valence-electron chi connectivity index (χ2n) is 5.95. The predicted molar refractivity (Wildman–Crippen MR) is 93.6 cm³/mol. The molecule has 27 heavy (non-hydrogen) atoms. The molecule has 10 heteroatoms. The van der Waals surface area contributed by atoms with Crippen LogP contribution in [0.15, 0.2) is 39.7 Å². The van der Waals surface area contributed by atoms with E-state index >= 15 is 0 Å². The number of carbonyl (C=O) groups is 3. The van der Waals surface area contributed by atoms with Gasteiger partial charge in [0, 0.05) is 38.5 Å². The molecule has 0 atom stereocenters. The van der Waals surface area contributed by atoms with Crippen LogP contribution in [0.1, 0.15) is 12.8 Å². The molecule has 142 valence electrons. The summed E-state index contributed by atoms with van der Waals surface area (Å²) in [5.41, 5.74) is 0.241. The summed E-state index contributed by atoms with van der Waals surface area (Å²) in [6.07, 6.45) is 1.86. The first kappa shape index (κ1) is 18.4. The number of carbonyl (C=O) groups excluding carboxylic acids is 3. The van der Waals surface area contributed by atoms with Gasteiger partial charge in [-0.25, -0.2) is 9.48 Å². The van der Waals surface area contributed by atoms with E-state index in [1.54, 1.807) is 18.2 Å². The van der Waals surface area contributed by atoms with E-state index in [2.05, 4.69) is 15.7 Å². The molecule has 1 aliphatic rings. The number of nitrogens with zero attached hydrogens (tertiary/aromatic N) is 3. The molecule has 0 aromatic carbocycles. The fraction of sp³-hybridized carbons (Fsp3) is 0.353. The number of urea groups is 1. The molecule has 3 heterocycles. The molecular formula is C17H19N5O5. The Labute approximate surface area is 154 Å². The van der Waals surface area contributed by atoms with Crippen molar-refractivity contribution in [2.24, 2.45) is 0 Å². The van der Waals surface area contributed by atoms with E-state index in [9.17, 15) is 19.2 Å². The van der Waals surface area contributed by atoms with E-state index in [4.69, 9.17) is 4.42 Å². The highest BCUT2D eigenvalue weighted by Gasteiger charge is 2.22. The molecule has 1 fully saturated rings. The molecule has 0 aliphatic carbocycles. The number of hydrogen-bond donors (Lipinski definition) is 2. The van der Waals surface area contributed by atoms with Crippen LogP contribution in [0, 0.1) is 0 Å². The molecule has 4 amide bonds. The Hall–Kier alpha value is -3.43. The Morgan fingerprint density at radius 3 is 2.81 bits per heavy atom. The molecule has 2 N–H and O–H groups in total. The first-order chi connectivity index (χ1) is 13.0. The first-order valence-electron chi connectivity index (χ1n) is 8.50. The van der Waals surface area contributed by atoms with Crippen molar-refractivity contribution in [3.63, 3.8) is 0 Å². The summed E-state index contributed by atoms with van der Waals surface area (Å²) in [5, 5.41) is 9.11. The Kier molecular flexibility index (Phi) is 5.64. The average molecular weight is 373 g/mol. The third-order valence-corrected chi connectivity index (χ3v) is 4.04. The molecule has 2 aromatic heterocycles. The van der Waals surface area contributed by atoms with Gasteiger partial charge in [0.2, 0.25) is 11.8 Å². The van der Waals surface area contributed by atoms with Gasteiger partial charge in [-0.05, 0) is 18.2 Å². The number of nitrogens with one attached hydrogen (secondary N) is 2. The van der Waals surface area contributed by atoms with Crippen LogP contribution in [0.2, 0.25) is 0 Å². The number of imide groups is 1. The monoisotopic (exact) mass is 373 g/mol. The fourth-order valence-corrected chi connectivity index (χ4v) is 2.60. The van der Waals surface area contributed by atoms with Gasteiger partial charge in [0.15, 0.2) is 5.76 Å². The maximum atomic E-state index is 11.9. The van der Waals surface area contributed by atoms with Crippen molar-refractivity contribution in [3.8, 4) is 11.5 Å². The van der Waals surface area contributed by atoms with Gasteiger partial charge in [0.25, 0.3) is 5.56 Å². The van der Waals surface area contributed by atoms with Crippen LogP contribution in [0.4, 0.5) is 4.79 Å². The lowest BCUT2D eigenvalue weighted by atomic mass is 10.3. The third-order valence-electron chi connectivity index (χ3n) is 4.04. The van der Waals surface area contributed by atoms with Crippen molar-refractivity contribution < 1.29 is 18.8 Å². The number of aromatic nitrogens is 2. The quantitative estimate of drug-likeness (QED) is 0.701. The summed E-state index contributed by atoms with van der Waals surface area (Å²) < 4.78 is 6.51. The van der Waals surface area contributed by atoms with E-state index in [-0.39, 0.29) is 49.8 Å². The van der Waals surface area contributed by atoms with Crippen molar-refractivity contribution in [3.05, 3.63) is 40.9 Å². The second-order valence-corrected chi connectivity index (χ2v) is 5.95. The number of rotatable bonds is 7. The minimum atomic E-state index is -0.482. The van der Waals surface area contributed by atoms with Crippen molar-refractivity contribution in [1.82, 2.24) is 25.3 Å². The van der Waals surface area contributed by atoms with E-state index in [1.165, 1.54) is 21.9 Å². The highest BCUT2D eigenvalue weighted by molar-refractivity contribution is 5.96. The van der Waals surface area contributed by atoms with Gasteiger partial charge in [-0.2, -0.15) is 5.10 Å². The highest BCUT2D eigenvalue weighted by Crippen LogP contribution is 2.14. The molecule has 0 spiro atoms. The molecule has 1 aliphatic heterocycles. The average Bonchev–Trinajstić information content (AvgIpc) is 3.17. The number of amides is 4. The molecule has 0 radical (unpaired) electrons. The van der Waals surface area contributed by atoms with Crippen molar-refractivity contribution in [2.45, 2.75) is 19.4 Å². The van der Waals surface area contributed by atoms with E-state index in [0.29, 0.717) is 18.0 Å². The summed E-state index contributed by atoms with van der Waals surface area (Å²) in [7, 11) is 0. The zero-order valence-electron chi connectivity index (χ0n) is 14.5. The largest absolute Gasteiger partial charge is 0.463 e. The van der Waals surface area contributed by atoms with Crippen LogP contribution in [0.3, 0.4) is 0 Å². The molecule has 3 rings (SSSR count). The van der Waals surface area contributed by atoms with Gasteiger partial charge in [0.05, 0.1) is 12.8 Å². The first-order valence-corrected chi connectivity index (χ1v) is 8.50. The fourth-order valence-electron chi connectivity index (χ4n) is 2.60. The van der Waals surface area contributed by atoms with Gasteiger partial charge >= 0.3 is 6.03 Å². The van der Waals surface area contributed by atoms with Crippen molar-refractivity contribution >= 4 is 17.8 Å². The van der Waals surface area contributed by atoms with Crippen LogP contribution in [0.5, 0.6) is 0 Å². The lowest BCUT2D eigenvalue weighted by Crippen LogP contribution is -2.50. The number of hydrogen-bond acceptors (Lipinski definition) is 6. The minimum Gasteiger partial charge on any atom is -0.463 e. The predicted octanol–water partition coefficient (Wildman–Crippen LogP) is -0.0485. The maximum Gasteiger partial charge on any atom is 0.324 e. The van der Waals surface area contributed by atoms with E-state index in [1.807, 2.05) is 0 Å². The van der Waals surface area contributed by atoms with Crippen LogP contribution in [-0.4, -0.2) is 52.2 Å². The molecule has 0 unspecified atom stereocenters. The summed E-state index contributed by atoms with van der Waals surface area (Å²) >= 11 is 0. The Balaban J connectivity index is 1.46. The Morgan fingerprint density at radius 1 is 1.22 bits per heavy atom. The van der Waals surface area contributed by atoms with E-state index in [0.717, 1.165) is 0 Å². The van der Waals surface area contributed by atoms with Gasteiger partial charge in [-0.1, -0.05) is 0 Å². The van der Waals surface area contributed by atoms with Crippen LogP contribution >= 0.6 is 0 Å². The maximum absolute atomic E-state index is 11.9. The van der Waals surface area contributed by atoms with Gasteiger partial charge in [-0.15, -0.1) is 0 Å². The highest BCUT2D eigenvalue weighted by atomic mass is 16.3. The summed E-state index contributed by atoms with van der Waals surface area (Å²) in [6.45, 7) is 0.948. The van der Waals surface area contributed by atoms with Gasteiger partial charge in [0.1, 0.15) is 5.69 Å². The molecule has 0 bridgehead atoms. The van der Waals surface area contributed by atoms with Crippen molar-refractivity contribution in [2.75, 3.05) is 19.6 Å². The lowest BCUT2D eigenvalue weighted by Gasteiger charge is -2.26. The molecule has 1 saturated heterocycles. The van der Waals surface area contributed by atoms with Crippen LogP contribution in [0.25, 0.3) is 11.5 Å². The van der Waals surface area contributed by atoms with Gasteiger partial charge in [-0.3, -0.25) is 19.7 Å². The summed E-state index contributed by atoms with van der Waals surface area (Å²) in [6, 6.07) is 5.95. The Morgan fingerprint density at radius 2 is 2.07 bits per heavy atom. The second kappa shape index (κ2) is 8.30. The smallest absolute Gasteiger partial charge is 0.324 e. The van der Waals surface area contributed by atoms with Crippen LogP contribution in [-0.2, 0) is 16.1 Å². The van der Waals surface area contributed by atoms with Crippen LogP contribution < -0.4 is 16.2 Å². The molecule has 10 nitrogen and oxygen atoms in total. The van der Waals surface area contributed by atoms with Gasteiger partial charge < -0.3 is 14.6 Å². The Bertz CT molecular complexity index is 889. The summed E-state index contributed by atoms with van der Waals surface area (Å²) in [5.74, 6) is -0.0172. The SMILES string of the molecule is O=C(CCN1CCC(=O)NC1=O)NCCn1nc(-c2ccco2)ccc1=O. The molecule has 0 saturated carbocycles. The van der Waals surface area contributed by atoms with Crippen molar-refractivity contribution in [1.29, 1.82) is 0 Å². The standard InChI is InChI=1S/C17H19N5O5/c23-14(5-8-21-9-6-15(24)19-17(21)26)18-7-10-22-16(25)4-3-12(20-22)13-2-1-11-27-13/h1-4,11H,5-10H2,(H,18,23)(H,19,24,26). The van der Waals surface area contributed by atoms with E-state index < -0.39 is 6.03 Å².